The van der Waals surface area contributed by atoms with Crippen LogP contribution in [0.3, 0.4) is 0 Å². The topological polar surface area (TPSA) is 24.4 Å². The first kappa shape index (κ1) is 18.4. The molecular weight excluding hydrogens is 244 g/mol. The molecule has 2 nitrogen and oxygen atoms in total. The van der Waals surface area contributed by atoms with Crippen LogP contribution in [0.15, 0.2) is 52.8 Å². The largest absolute Gasteiger partial charge is 0.391 e. The van der Waals surface area contributed by atoms with E-state index in [0.29, 0.717) is 0 Å². The molecule has 0 aromatic heterocycles. The fraction of sp³-hybridized carbons (Fsp3) is 0.500. The van der Waals surface area contributed by atoms with Crippen LogP contribution < -0.4 is 5.32 Å². The SMILES string of the molecule is C=C/C(C)=C(/C=C\NCC)C(=C\C)\N=C(/C)C(C)(C)C. The van der Waals surface area contributed by atoms with E-state index in [2.05, 4.69) is 59.5 Å². The standard InChI is InChI=1S/C18H30N2/c1-9-14(4)16(12-13-19-11-3)17(10-2)20-15(5)18(6,7)8/h9-10,12-13,19H,1,11H2,2-8H3/b13-12-,16-14-,17-10-,20-15+. The quantitative estimate of drug-likeness (QED) is 0.533. The molecule has 0 rings (SSSR count). The second kappa shape index (κ2) is 8.57. The Balaban J connectivity index is 5.63. The lowest BCUT2D eigenvalue weighted by Gasteiger charge is -2.19. The third-order valence-electron chi connectivity index (χ3n) is 3.23. The monoisotopic (exact) mass is 274 g/mol. The third-order valence-corrected chi connectivity index (χ3v) is 3.23. The van der Waals surface area contributed by atoms with Gasteiger partial charge in [-0.1, -0.05) is 39.5 Å². The second-order valence-corrected chi connectivity index (χ2v) is 5.81. The van der Waals surface area contributed by atoms with Gasteiger partial charge in [0.25, 0.3) is 0 Å². The van der Waals surface area contributed by atoms with Gasteiger partial charge in [-0.05, 0) is 51.0 Å². The summed E-state index contributed by atoms with van der Waals surface area (Å²) in [6, 6.07) is 0. The second-order valence-electron chi connectivity index (χ2n) is 5.81. The zero-order valence-electron chi connectivity index (χ0n) is 14.2. The summed E-state index contributed by atoms with van der Waals surface area (Å²) in [6.45, 7) is 19.5. The minimum absolute atomic E-state index is 0.0762. The van der Waals surface area contributed by atoms with E-state index < -0.39 is 0 Å². The van der Waals surface area contributed by atoms with E-state index in [4.69, 9.17) is 4.99 Å². The minimum atomic E-state index is 0.0762. The predicted octanol–water partition coefficient (Wildman–Crippen LogP) is 5.02. The number of hydrogen-bond acceptors (Lipinski definition) is 2. The van der Waals surface area contributed by atoms with Crippen molar-refractivity contribution in [1.82, 2.24) is 5.32 Å². The van der Waals surface area contributed by atoms with Gasteiger partial charge in [-0.3, -0.25) is 4.99 Å². The van der Waals surface area contributed by atoms with E-state index in [1.807, 2.05) is 25.3 Å². The van der Waals surface area contributed by atoms with Crippen molar-refractivity contribution in [2.24, 2.45) is 10.4 Å². The van der Waals surface area contributed by atoms with Gasteiger partial charge >= 0.3 is 0 Å². The van der Waals surface area contributed by atoms with Crippen molar-refractivity contribution >= 4 is 5.71 Å². The Bertz CT molecular complexity index is 441. The molecule has 0 saturated carbocycles. The highest BCUT2D eigenvalue weighted by Crippen LogP contribution is 2.23. The molecule has 0 aliphatic rings. The Morgan fingerprint density at radius 3 is 2.25 bits per heavy atom. The van der Waals surface area contributed by atoms with Crippen LogP contribution in [0.1, 0.15) is 48.5 Å². The van der Waals surface area contributed by atoms with E-state index in [1.165, 1.54) is 0 Å². The van der Waals surface area contributed by atoms with Crippen molar-refractivity contribution in [2.75, 3.05) is 6.54 Å². The zero-order chi connectivity index (χ0) is 15.8. The average molecular weight is 274 g/mol. The van der Waals surface area contributed by atoms with E-state index in [0.717, 1.165) is 29.1 Å². The minimum Gasteiger partial charge on any atom is -0.391 e. The summed E-state index contributed by atoms with van der Waals surface area (Å²) in [5.74, 6) is 0. The van der Waals surface area contributed by atoms with Crippen LogP contribution in [-0.4, -0.2) is 12.3 Å². The molecule has 0 fully saturated rings. The molecule has 0 bridgehead atoms. The van der Waals surface area contributed by atoms with Crippen molar-refractivity contribution < 1.29 is 0 Å². The molecule has 0 unspecified atom stereocenters. The van der Waals surface area contributed by atoms with E-state index >= 15 is 0 Å². The van der Waals surface area contributed by atoms with Gasteiger partial charge in [0, 0.05) is 17.8 Å². The van der Waals surface area contributed by atoms with Crippen molar-refractivity contribution in [3.8, 4) is 0 Å². The molecular formula is C18H30N2. The number of hydrogen-bond donors (Lipinski definition) is 1. The summed E-state index contributed by atoms with van der Waals surface area (Å²) < 4.78 is 0. The van der Waals surface area contributed by atoms with Gasteiger partial charge in [0.15, 0.2) is 0 Å². The fourth-order valence-corrected chi connectivity index (χ4v) is 1.42. The first-order valence-electron chi connectivity index (χ1n) is 7.23. The zero-order valence-corrected chi connectivity index (χ0v) is 14.2. The number of aliphatic imine (C=N–C) groups is 1. The number of allylic oxidation sites excluding steroid dienone is 4. The third kappa shape index (κ3) is 6.05. The molecule has 112 valence electrons. The summed E-state index contributed by atoms with van der Waals surface area (Å²) >= 11 is 0. The van der Waals surface area contributed by atoms with Crippen LogP contribution in [0.25, 0.3) is 0 Å². The molecule has 0 amide bonds. The molecule has 1 N–H and O–H groups in total. The maximum atomic E-state index is 4.81. The van der Waals surface area contributed by atoms with Gasteiger partial charge in [0.05, 0.1) is 5.70 Å². The maximum absolute atomic E-state index is 4.81. The van der Waals surface area contributed by atoms with Gasteiger partial charge in [-0.15, -0.1) is 0 Å². The number of rotatable bonds is 6. The number of nitrogens with one attached hydrogen (secondary N) is 1. The Hall–Kier alpha value is -1.57. The van der Waals surface area contributed by atoms with Crippen LogP contribution in [0.2, 0.25) is 0 Å². The highest BCUT2D eigenvalue weighted by atomic mass is 14.8. The van der Waals surface area contributed by atoms with Crippen LogP contribution in [0.5, 0.6) is 0 Å². The Morgan fingerprint density at radius 2 is 1.85 bits per heavy atom. The van der Waals surface area contributed by atoms with Crippen molar-refractivity contribution in [2.45, 2.75) is 48.5 Å². The van der Waals surface area contributed by atoms with Gasteiger partial charge in [-0.2, -0.15) is 0 Å². The van der Waals surface area contributed by atoms with Crippen LogP contribution >= 0.6 is 0 Å². The van der Waals surface area contributed by atoms with Crippen molar-refractivity contribution in [1.29, 1.82) is 0 Å². The highest BCUT2D eigenvalue weighted by molar-refractivity contribution is 5.88. The summed E-state index contributed by atoms with van der Waals surface area (Å²) in [5.41, 5.74) is 4.41. The average Bonchev–Trinajstić information content (AvgIpc) is 2.39. The van der Waals surface area contributed by atoms with E-state index in [1.54, 1.807) is 0 Å². The number of nitrogens with zero attached hydrogens (tertiary/aromatic N) is 1. The molecule has 0 radical (unpaired) electrons. The summed E-state index contributed by atoms with van der Waals surface area (Å²) in [6.07, 6.45) is 7.95. The lowest BCUT2D eigenvalue weighted by Crippen LogP contribution is -2.17. The molecule has 0 saturated heterocycles. The van der Waals surface area contributed by atoms with Crippen LogP contribution in [-0.2, 0) is 0 Å². The van der Waals surface area contributed by atoms with Gasteiger partial charge in [0.1, 0.15) is 0 Å². The summed E-state index contributed by atoms with van der Waals surface area (Å²) in [4.78, 5) is 4.81. The first-order chi connectivity index (χ1) is 9.27. The molecule has 0 aliphatic carbocycles. The van der Waals surface area contributed by atoms with E-state index in [9.17, 15) is 0 Å². The molecule has 0 aromatic rings. The van der Waals surface area contributed by atoms with E-state index in [-0.39, 0.29) is 5.41 Å². The molecule has 20 heavy (non-hydrogen) atoms. The van der Waals surface area contributed by atoms with Gasteiger partial charge in [0.2, 0.25) is 0 Å². The highest BCUT2D eigenvalue weighted by Gasteiger charge is 2.15. The van der Waals surface area contributed by atoms with Crippen LogP contribution in [0.4, 0.5) is 0 Å². The lowest BCUT2D eigenvalue weighted by atomic mass is 9.91. The Morgan fingerprint density at radius 1 is 1.25 bits per heavy atom. The van der Waals surface area contributed by atoms with Crippen molar-refractivity contribution in [3.05, 3.63) is 47.9 Å². The predicted molar refractivity (Wildman–Crippen MR) is 92.0 cm³/mol. The maximum Gasteiger partial charge on any atom is 0.0662 e. The van der Waals surface area contributed by atoms with Crippen molar-refractivity contribution in [3.63, 3.8) is 0 Å². The van der Waals surface area contributed by atoms with Gasteiger partial charge in [-0.25, -0.2) is 0 Å². The molecule has 0 spiro atoms. The summed E-state index contributed by atoms with van der Waals surface area (Å²) in [7, 11) is 0. The lowest BCUT2D eigenvalue weighted by molar-refractivity contribution is 0.587. The molecule has 0 atom stereocenters. The van der Waals surface area contributed by atoms with Crippen LogP contribution in [0, 0.1) is 5.41 Å². The normalized spacial score (nSPS) is 15.3. The van der Waals surface area contributed by atoms with Gasteiger partial charge < -0.3 is 5.32 Å². The molecule has 0 aliphatic heterocycles. The summed E-state index contributed by atoms with van der Waals surface area (Å²) in [5, 5.41) is 3.20. The Labute approximate surface area is 125 Å². The first-order valence-corrected chi connectivity index (χ1v) is 7.23. The smallest absolute Gasteiger partial charge is 0.0662 e. The Kier molecular flexibility index (Phi) is 7.90. The molecule has 0 aromatic carbocycles. The molecule has 0 heterocycles. The fourth-order valence-electron chi connectivity index (χ4n) is 1.42. The molecule has 2 heteroatoms.